The van der Waals surface area contributed by atoms with E-state index in [0.717, 1.165) is 5.69 Å². The molecular weight excluding hydrogens is 324 g/mol. The molecule has 122 valence electrons. The zero-order valence-corrected chi connectivity index (χ0v) is 13.8. The number of anilines is 1. The number of sulfone groups is 1. The number of nitrogen functional groups attached to an aromatic ring is 1. The average Bonchev–Trinajstić information content (AvgIpc) is 2.91. The normalized spacial score (nSPS) is 11.9. The highest BCUT2D eigenvalue weighted by Gasteiger charge is 2.19. The van der Waals surface area contributed by atoms with E-state index in [1.54, 1.807) is 67.7 Å². The van der Waals surface area contributed by atoms with Gasteiger partial charge in [-0.1, -0.05) is 36.4 Å². The topological polar surface area (TPSA) is 90.3 Å². The van der Waals surface area contributed by atoms with Gasteiger partial charge in [-0.3, -0.25) is 0 Å². The van der Waals surface area contributed by atoms with E-state index in [0.29, 0.717) is 5.56 Å². The van der Waals surface area contributed by atoms with Gasteiger partial charge in [0.2, 0.25) is 15.8 Å². The molecule has 0 aliphatic rings. The highest BCUT2D eigenvalue weighted by Crippen LogP contribution is 2.23. The van der Waals surface area contributed by atoms with Gasteiger partial charge in [-0.05, 0) is 25.1 Å². The van der Waals surface area contributed by atoms with Crippen molar-refractivity contribution in [1.82, 2.24) is 9.66 Å². The third kappa shape index (κ3) is 3.07. The first-order valence-electron chi connectivity index (χ1n) is 7.23. The number of aromatic nitrogens is 2. The molecule has 2 N–H and O–H groups in total. The van der Waals surface area contributed by atoms with E-state index in [9.17, 15) is 8.42 Å². The maximum atomic E-state index is 12.8. The van der Waals surface area contributed by atoms with Crippen molar-refractivity contribution in [3.8, 4) is 0 Å². The van der Waals surface area contributed by atoms with Crippen molar-refractivity contribution in [1.29, 1.82) is 0 Å². The summed E-state index contributed by atoms with van der Waals surface area (Å²) in [6, 6.07) is 15.0. The standard InChI is InChI=1S/C17H16N4O2S/c1-13-12-21(17(18)20-13)19-11-14-7-5-6-10-16(14)24(22,23)15-8-3-2-4-9-15/h2-12H,1H3,(H2,18,20). The first-order valence-corrected chi connectivity index (χ1v) is 8.72. The van der Waals surface area contributed by atoms with Gasteiger partial charge in [0.05, 0.1) is 27.9 Å². The molecule has 0 atom stereocenters. The fourth-order valence-corrected chi connectivity index (χ4v) is 3.74. The maximum Gasteiger partial charge on any atom is 0.221 e. The van der Waals surface area contributed by atoms with Crippen LogP contribution in [0.25, 0.3) is 0 Å². The molecule has 0 radical (unpaired) electrons. The molecule has 3 rings (SSSR count). The highest BCUT2D eigenvalue weighted by atomic mass is 32.2. The minimum absolute atomic E-state index is 0.190. The first kappa shape index (κ1) is 15.9. The molecule has 3 aromatic rings. The molecule has 7 heteroatoms. The van der Waals surface area contributed by atoms with Gasteiger partial charge in [0.15, 0.2) is 0 Å². The Morgan fingerprint density at radius 2 is 1.75 bits per heavy atom. The predicted molar refractivity (Wildman–Crippen MR) is 92.7 cm³/mol. The summed E-state index contributed by atoms with van der Waals surface area (Å²) in [6.45, 7) is 1.80. The molecule has 2 aromatic carbocycles. The lowest BCUT2D eigenvalue weighted by Gasteiger charge is -2.07. The lowest BCUT2D eigenvalue weighted by Crippen LogP contribution is -2.06. The molecule has 0 aliphatic heterocycles. The van der Waals surface area contributed by atoms with Gasteiger partial charge in [-0.15, -0.1) is 0 Å². The number of aryl methyl sites for hydroxylation is 1. The summed E-state index contributed by atoms with van der Waals surface area (Å²) in [6.07, 6.45) is 3.13. The Morgan fingerprint density at radius 3 is 2.42 bits per heavy atom. The minimum Gasteiger partial charge on any atom is -0.368 e. The third-order valence-electron chi connectivity index (χ3n) is 3.42. The summed E-state index contributed by atoms with van der Waals surface area (Å²) in [5.74, 6) is 0.243. The van der Waals surface area contributed by atoms with E-state index in [2.05, 4.69) is 10.1 Å². The molecule has 0 saturated carbocycles. The van der Waals surface area contributed by atoms with Crippen LogP contribution >= 0.6 is 0 Å². The molecule has 0 aliphatic carbocycles. The molecule has 0 spiro atoms. The Labute approximate surface area is 140 Å². The zero-order chi connectivity index (χ0) is 17.2. The van der Waals surface area contributed by atoms with Crippen molar-refractivity contribution >= 4 is 22.0 Å². The van der Waals surface area contributed by atoms with Crippen molar-refractivity contribution in [3.05, 3.63) is 72.1 Å². The summed E-state index contributed by atoms with van der Waals surface area (Å²) in [7, 11) is -3.63. The van der Waals surface area contributed by atoms with Crippen LogP contribution < -0.4 is 5.73 Å². The van der Waals surface area contributed by atoms with Gasteiger partial charge < -0.3 is 5.73 Å². The first-order chi connectivity index (χ1) is 11.5. The van der Waals surface area contributed by atoms with Crippen LogP contribution in [0.2, 0.25) is 0 Å². The summed E-state index contributed by atoms with van der Waals surface area (Å²) in [4.78, 5) is 4.48. The molecule has 1 heterocycles. The Kier molecular flexibility index (Phi) is 4.18. The average molecular weight is 340 g/mol. The molecular formula is C17H16N4O2S. The Hall–Kier alpha value is -2.93. The van der Waals surface area contributed by atoms with Gasteiger partial charge in [-0.2, -0.15) is 5.10 Å². The van der Waals surface area contributed by atoms with E-state index >= 15 is 0 Å². The molecule has 6 nitrogen and oxygen atoms in total. The quantitative estimate of drug-likeness (QED) is 0.739. The number of imidazole rings is 1. The Balaban J connectivity index is 2.04. The fraction of sp³-hybridized carbons (Fsp3) is 0.0588. The molecule has 0 fully saturated rings. The van der Waals surface area contributed by atoms with Crippen LogP contribution in [0.15, 0.2) is 75.7 Å². The Morgan fingerprint density at radius 1 is 1.08 bits per heavy atom. The van der Waals surface area contributed by atoms with Crippen LogP contribution in [0.1, 0.15) is 11.3 Å². The summed E-state index contributed by atoms with van der Waals surface area (Å²) in [5.41, 5.74) is 6.95. The highest BCUT2D eigenvalue weighted by molar-refractivity contribution is 7.91. The van der Waals surface area contributed by atoms with Crippen molar-refractivity contribution in [2.24, 2.45) is 5.10 Å². The van der Waals surface area contributed by atoms with E-state index in [-0.39, 0.29) is 15.7 Å². The molecule has 0 saturated heterocycles. The molecule has 0 bridgehead atoms. The molecule has 0 amide bonds. The van der Waals surface area contributed by atoms with E-state index < -0.39 is 9.84 Å². The summed E-state index contributed by atoms with van der Waals surface area (Å²) >= 11 is 0. The lowest BCUT2D eigenvalue weighted by atomic mass is 10.2. The fourth-order valence-electron chi connectivity index (χ4n) is 2.28. The second-order valence-corrected chi connectivity index (χ2v) is 7.10. The lowest BCUT2D eigenvalue weighted by molar-refractivity contribution is 0.596. The van der Waals surface area contributed by atoms with Crippen molar-refractivity contribution in [2.75, 3.05) is 5.73 Å². The number of nitrogens with two attached hydrogens (primary N) is 1. The number of hydrogen-bond donors (Lipinski definition) is 1. The van der Waals surface area contributed by atoms with Crippen molar-refractivity contribution in [3.63, 3.8) is 0 Å². The largest absolute Gasteiger partial charge is 0.368 e. The van der Waals surface area contributed by atoms with Crippen LogP contribution in [0.4, 0.5) is 5.95 Å². The minimum atomic E-state index is -3.63. The third-order valence-corrected chi connectivity index (χ3v) is 5.26. The smallest absolute Gasteiger partial charge is 0.221 e. The summed E-state index contributed by atoms with van der Waals surface area (Å²) < 4.78 is 27.1. The van der Waals surface area contributed by atoms with E-state index in [1.807, 2.05) is 0 Å². The zero-order valence-electron chi connectivity index (χ0n) is 13.0. The van der Waals surface area contributed by atoms with E-state index in [1.165, 1.54) is 10.9 Å². The number of nitrogens with zero attached hydrogens (tertiary/aromatic N) is 3. The number of benzene rings is 2. The van der Waals surface area contributed by atoms with Crippen molar-refractivity contribution in [2.45, 2.75) is 16.7 Å². The number of rotatable bonds is 4. The molecule has 1 aromatic heterocycles. The van der Waals surface area contributed by atoms with Crippen LogP contribution in [-0.2, 0) is 9.84 Å². The van der Waals surface area contributed by atoms with Gasteiger partial charge in [0.1, 0.15) is 0 Å². The van der Waals surface area contributed by atoms with Gasteiger partial charge in [0, 0.05) is 5.56 Å². The van der Waals surface area contributed by atoms with Crippen LogP contribution in [0.3, 0.4) is 0 Å². The van der Waals surface area contributed by atoms with Crippen LogP contribution in [0, 0.1) is 6.92 Å². The maximum absolute atomic E-state index is 12.8. The predicted octanol–water partition coefficient (Wildman–Crippen LogP) is 2.49. The number of hydrogen-bond acceptors (Lipinski definition) is 5. The van der Waals surface area contributed by atoms with Gasteiger partial charge in [0.25, 0.3) is 0 Å². The second-order valence-electron chi connectivity index (χ2n) is 5.18. The van der Waals surface area contributed by atoms with Crippen LogP contribution in [-0.4, -0.2) is 24.3 Å². The SMILES string of the molecule is Cc1cn(N=Cc2ccccc2S(=O)(=O)c2ccccc2)c(N)n1. The molecule has 0 unspecified atom stereocenters. The van der Waals surface area contributed by atoms with Gasteiger partial charge in [-0.25, -0.2) is 18.1 Å². The van der Waals surface area contributed by atoms with Crippen LogP contribution in [0.5, 0.6) is 0 Å². The second kappa shape index (κ2) is 6.29. The van der Waals surface area contributed by atoms with Gasteiger partial charge >= 0.3 is 0 Å². The van der Waals surface area contributed by atoms with E-state index in [4.69, 9.17) is 5.73 Å². The molecule has 24 heavy (non-hydrogen) atoms. The van der Waals surface area contributed by atoms with Crippen molar-refractivity contribution < 1.29 is 8.42 Å². The summed E-state index contributed by atoms with van der Waals surface area (Å²) in [5, 5.41) is 4.20. The monoisotopic (exact) mass is 340 g/mol. The Bertz CT molecular complexity index is 992.